The number of carbonyl (C=O) groups is 2. The smallest absolute Gasteiger partial charge is 0.294 e. The van der Waals surface area contributed by atoms with E-state index in [4.69, 9.17) is 16.1 Å². The SMILES string of the molecule is CNC(=O)c1ccc(Cl)cc1NC(=O)c1cc(-c2ccccc2)no1. The second-order valence-corrected chi connectivity index (χ2v) is 5.60. The molecule has 0 spiro atoms. The van der Waals surface area contributed by atoms with Gasteiger partial charge in [0.05, 0.1) is 11.3 Å². The molecule has 25 heavy (non-hydrogen) atoms. The normalized spacial score (nSPS) is 10.3. The highest BCUT2D eigenvalue weighted by molar-refractivity contribution is 6.31. The summed E-state index contributed by atoms with van der Waals surface area (Å²) in [4.78, 5) is 24.3. The van der Waals surface area contributed by atoms with Crippen LogP contribution in [-0.2, 0) is 0 Å². The molecule has 1 heterocycles. The lowest BCUT2D eigenvalue weighted by Gasteiger charge is -2.09. The van der Waals surface area contributed by atoms with Gasteiger partial charge in [-0.2, -0.15) is 0 Å². The molecular formula is C18H14ClN3O3. The van der Waals surface area contributed by atoms with Crippen molar-refractivity contribution < 1.29 is 14.1 Å². The van der Waals surface area contributed by atoms with Crippen LogP contribution in [0.1, 0.15) is 20.9 Å². The topological polar surface area (TPSA) is 84.2 Å². The highest BCUT2D eigenvalue weighted by Gasteiger charge is 2.18. The molecule has 7 heteroatoms. The molecule has 0 aliphatic rings. The van der Waals surface area contributed by atoms with E-state index < -0.39 is 5.91 Å². The van der Waals surface area contributed by atoms with Gasteiger partial charge in [0.15, 0.2) is 0 Å². The van der Waals surface area contributed by atoms with E-state index in [0.717, 1.165) is 5.56 Å². The van der Waals surface area contributed by atoms with Crippen LogP contribution in [0.25, 0.3) is 11.3 Å². The lowest BCUT2D eigenvalue weighted by molar-refractivity contribution is 0.0964. The molecule has 2 N–H and O–H groups in total. The quantitative estimate of drug-likeness (QED) is 0.748. The van der Waals surface area contributed by atoms with E-state index >= 15 is 0 Å². The summed E-state index contributed by atoms with van der Waals surface area (Å²) in [6.07, 6.45) is 0. The van der Waals surface area contributed by atoms with Gasteiger partial charge in [-0.05, 0) is 18.2 Å². The molecule has 1 aromatic heterocycles. The second-order valence-electron chi connectivity index (χ2n) is 5.17. The number of benzene rings is 2. The van der Waals surface area contributed by atoms with E-state index in [9.17, 15) is 9.59 Å². The second kappa shape index (κ2) is 7.19. The van der Waals surface area contributed by atoms with Gasteiger partial charge in [-0.1, -0.05) is 47.1 Å². The Balaban J connectivity index is 1.85. The summed E-state index contributed by atoms with van der Waals surface area (Å²) in [6.45, 7) is 0. The maximum absolute atomic E-state index is 12.4. The maximum Gasteiger partial charge on any atom is 0.294 e. The van der Waals surface area contributed by atoms with Gasteiger partial charge in [0.1, 0.15) is 5.69 Å². The third-order valence-corrected chi connectivity index (χ3v) is 3.74. The number of nitrogens with one attached hydrogen (secondary N) is 2. The zero-order valence-corrected chi connectivity index (χ0v) is 14.0. The lowest BCUT2D eigenvalue weighted by atomic mass is 10.1. The minimum atomic E-state index is -0.526. The van der Waals surface area contributed by atoms with Crippen LogP contribution >= 0.6 is 11.6 Å². The van der Waals surface area contributed by atoms with E-state index in [1.807, 2.05) is 30.3 Å². The van der Waals surface area contributed by atoms with E-state index in [1.165, 1.54) is 25.2 Å². The minimum Gasteiger partial charge on any atom is -0.355 e. The number of halogens is 1. The first-order chi connectivity index (χ1) is 12.1. The fourth-order valence-electron chi connectivity index (χ4n) is 2.26. The Morgan fingerprint density at radius 1 is 1.04 bits per heavy atom. The van der Waals surface area contributed by atoms with Crippen LogP contribution in [-0.4, -0.2) is 24.0 Å². The molecule has 2 aromatic carbocycles. The molecule has 0 radical (unpaired) electrons. The Morgan fingerprint density at radius 3 is 2.52 bits per heavy atom. The van der Waals surface area contributed by atoms with Crippen molar-refractivity contribution in [3.05, 3.63) is 70.9 Å². The minimum absolute atomic E-state index is 0.0293. The van der Waals surface area contributed by atoms with E-state index in [0.29, 0.717) is 16.3 Å². The van der Waals surface area contributed by atoms with E-state index in [2.05, 4.69) is 15.8 Å². The number of hydrogen-bond acceptors (Lipinski definition) is 4. The van der Waals surface area contributed by atoms with Crippen LogP contribution in [0.2, 0.25) is 5.02 Å². The molecule has 2 amide bonds. The molecule has 0 aliphatic carbocycles. The molecule has 3 rings (SSSR count). The summed E-state index contributed by atoms with van der Waals surface area (Å²) in [5, 5.41) is 9.43. The summed E-state index contributed by atoms with van der Waals surface area (Å²) < 4.78 is 5.11. The molecule has 0 aliphatic heterocycles. The average molecular weight is 356 g/mol. The lowest BCUT2D eigenvalue weighted by Crippen LogP contribution is -2.21. The van der Waals surface area contributed by atoms with Crippen molar-refractivity contribution in [1.29, 1.82) is 0 Å². The van der Waals surface area contributed by atoms with Crippen LogP contribution in [0, 0.1) is 0 Å². The summed E-state index contributed by atoms with van der Waals surface area (Å²) in [7, 11) is 1.51. The first kappa shape index (κ1) is 16.7. The van der Waals surface area contributed by atoms with Gasteiger partial charge in [0.2, 0.25) is 5.76 Å². The van der Waals surface area contributed by atoms with Crippen LogP contribution in [0.15, 0.2) is 59.1 Å². The summed E-state index contributed by atoms with van der Waals surface area (Å²) in [5.74, 6) is -0.835. The molecule has 0 atom stereocenters. The van der Waals surface area contributed by atoms with E-state index in [-0.39, 0.29) is 17.4 Å². The zero-order chi connectivity index (χ0) is 17.8. The summed E-state index contributed by atoms with van der Waals surface area (Å²) in [5.41, 5.74) is 1.96. The Bertz CT molecular complexity index is 922. The largest absolute Gasteiger partial charge is 0.355 e. The van der Waals surface area contributed by atoms with Gasteiger partial charge in [-0.3, -0.25) is 9.59 Å². The number of anilines is 1. The Labute approximate surface area is 148 Å². The van der Waals surface area contributed by atoms with Crippen molar-refractivity contribution >= 4 is 29.1 Å². The molecule has 0 unspecified atom stereocenters. The van der Waals surface area contributed by atoms with Gasteiger partial charge >= 0.3 is 0 Å². The predicted octanol–water partition coefficient (Wildman–Crippen LogP) is 3.61. The Morgan fingerprint density at radius 2 is 1.80 bits per heavy atom. The molecule has 0 saturated heterocycles. The van der Waals surface area contributed by atoms with Crippen LogP contribution in [0.3, 0.4) is 0 Å². The highest BCUT2D eigenvalue weighted by atomic mass is 35.5. The summed E-state index contributed by atoms with van der Waals surface area (Å²) in [6, 6.07) is 15.5. The van der Waals surface area contributed by atoms with Gasteiger partial charge in [0, 0.05) is 23.7 Å². The average Bonchev–Trinajstić information content (AvgIpc) is 3.12. The number of hydrogen-bond donors (Lipinski definition) is 2. The number of carbonyl (C=O) groups excluding carboxylic acids is 2. The zero-order valence-electron chi connectivity index (χ0n) is 13.2. The fourth-order valence-corrected chi connectivity index (χ4v) is 2.44. The van der Waals surface area contributed by atoms with Crippen molar-refractivity contribution in [1.82, 2.24) is 10.5 Å². The molecule has 0 fully saturated rings. The van der Waals surface area contributed by atoms with Gasteiger partial charge in [-0.15, -0.1) is 0 Å². The first-order valence-electron chi connectivity index (χ1n) is 7.43. The molecule has 0 saturated carbocycles. The van der Waals surface area contributed by atoms with Crippen molar-refractivity contribution in [2.75, 3.05) is 12.4 Å². The van der Waals surface area contributed by atoms with Crippen molar-refractivity contribution in [3.8, 4) is 11.3 Å². The molecule has 3 aromatic rings. The molecule has 0 bridgehead atoms. The monoisotopic (exact) mass is 355 g/mol. The van der Waals surface area contributed by atoms with Crippen LogP contribution in [0.5, 0.6) is 0 Å². The standard InChI is InChI=1S/C18H14ClN3O3/c1-20-17(23)13-8-7-12(19)9-15(13)21-18(24)16-10-14(22-25-16)11-5-3-2-4-6-11/h2-10H,1H3,(H,20,23)(H,21,24). The van der Waals surface area contributed by atoms with E-state index in [1.54, 1.807) is 6.07 Å². The molecular weight excluding hydrogens is 342 g/mol. The third kappa shape index (κ3) is 3.70. The van der Waals surface area contributed by atoms with Crippen molar-refractivity contribution in [3.63, 3.8) is 0 Å². The van der Waals surface area contributed by atoms with Gasteiger partial charge in [-0.25, -0.2) is 0 Å². The fraction of sp³-hybridized carbons (Fsp3) is 0.0556. The number of amides is 2. The van der Waals surface area contributed by atoms with Crippen molar-refractivity contribution in [2.45, 2.75) is 0 Å². The van der Waals surface area contributed by atoms with Crippen LogP contribution in [0.4, 0.5) is 5.69 Å². The number of rotatable bonds is 4. The predicted molar refractivity (Wildman–Crippen MR) is 94.7 cm³/mol. The number of aromatic nitrogens is 1. The molecule has 6 nitrogen and oxygen atoms in total. The maximum atomic E-state index is 12.4. The van der Waals surface area contributed by atoms with Crippen LogP contribution < -0.4 is 10.6 Å². The first-order valence-corrected chi connectivity index (χ1v) is 7.81. The molecule has 126 valence electrons. The summed E-state index contributed by atoms with van der Waals surface area (Å²) >= 11 is 5.96. The highest BCUT2D eigenvalue weighted by Crippen LogP contribution is 2.23. The van der Waals surface area contributed by atoms with Gasteiger partial charge < -0.3 is 15.2 Å². The third-order valence-electron chi connectivity index (χ3n) is 3.51. The Kier molecular flexibility index (Phi) is 4.81. The van der Waals surface area contributed by atoms with Crippen molar-refractivity contribution in [2.24, 2.45) is 0 Å². The Hall–Kier alpha value is -3.12. The van der Waals surface area contributed by atoms with Gasteiger partial charge in [0.25, 0.3) is 11.8 Å². The number of nitrogens with zero attached hydrogens (tertiary/aromatic N) is 1.